The van der Waals surface area contributed by atoms with Crippen LogP contribution >= 0.6 is 0 Å². The molecule has 0 bridgehead atoms. The highest BCUT2D eigenvalue weighted by Crippen LogP contribution is 2.48. The first-order valence-electron chi connectivity index (χ1n) is 7.26. The van der Waals surface area contributed by atoms with E-state index >= 15 is 0 Å². The van der Waals surface area contributed by atoms with E-state index in [4.69, 9.17) is 4.74 Å². The first-order chi connectivity index (χ1) is 9.41. The minimum atomic E-state index is -0.489. The maximum Gasteiger partial charge on any atom is 0.302 e. The normalized spacial score (nSPS) is 33.5. The van der Waals surface area contributed by atoms with Crippen LogP contribution in [-0.2, 0) is 9.53 Å². The number of hydrogen-bond donors (Lipinski definition) is 1. The Bertz CT molecular complexity index is 449. The summed E-state index contributed by atoms with van der Waals surface area (Å²) in [5, 5.41) is 10.7. The molecule has 1 N–H and O–H groups in total. The van der Waals surface area contributed by atoms with Crippen molar-refractivity contribution in [2.75, 3.05) is 6.61 Å². The van der Waals surface area contributed by atoms with E-state index in [1.54, 1.807) is 0 Å². The number of carbonyl (C=O) groups excluding carboxylic acids is 1. The molecule has 110 valence electrons. The summed E-state index contributed by atoms with van der Waals surface area (Å²) in [6, 6.07) is 0. The van der Waals surface area contributed by atoms with Crippen molar-refractivity contribution >= 4 is 5.97 Å². The molecule has 2 aliphatic rings. The summed E-state index contributed by atoms with van der Waals surface area (Å²) in [4.78, 5) is 10.9. The van der Waals surface area contributed by atoms with Gasteiger partial charge in [-0.25, -0.2) is 0 Å². The van der Waals surface area contributed by atoms with Crippen LogP contribution in [0.25, 0.3) is 0 Å². The summed E-state index contributed by atoms with van der Waals surface area (Å²) in [6.45, 7) is 13.9. The lowest BCUT2D eigenvalue weighted by molar-refractivity contribution is -0.140. The third kappa shape index (κ3) is 2.88. The molecule has 0 aromatic carbocycles. The van der Waals surface area contributed by atoms with Crippen molar-refractivity contribution in [1.82, 2.24) is 0 Å². The van der Waals surface area contributed by atoms with Gasteiger partial charge in [0, 0.05) is 18.8 Å². The monoisotopic (exact) mass is 276 g/mol. The highest BCUT2D eigenvalue weighted by molar-refractivity contribution is 5.66. The summed E-state index contributed by atoms with van der Waals surface area (Å²) in [6.07, 6.45) is 3.24. The zero-order valence-corrected chi connectivity index (χ0v) is 12.2. The molecule has 2 fully saturated rings. The number of esters is 1. The second-order valence-electron chi connectivity index (χ2n) is 6.06. The van der Waals surface area contributed by atoms with Crippen LogP contribution in [0.2, 0.25) is 0 Å². The highest BCUT2D eigenvalue weighted by Gasteiger charge is 2.43. The van der Waals surface area contributed by atoms with Gasteiger partial charge in [-0.3, -0.25) is 4.79 Å². The van der Waals surface area contributed by atoms with Crippen molar-refractivity contribution < 1.29 is 14.6 Å². The van der Waals surface area contributed by atoms with Crippen LogP contribution in [0, 0.1) is 17.8 Å². The SMILES string of the molecule is C=C(COC(C)=O)C1CCC(=C)C2CCC(=C)C2C1O. The summed E-state index contributed by atoms with van der Waals surface area (Å²) in [5.41, 5.74) is 3.13. The minimum absolute atomic E-state index is 0.0454. The van der Waals surface area contributed by atoms with E-state index in [0.29, 0.717) is 5.92 Å². The van der Waals surface area contributed by atoms with Crippen LogP contribution in [0.1, 0.15) is 32.6 Å². The van der Waals surface area contributed by atoms with Gasteiger partial charge in [0.1, 0.15) is 6.61 Å². The van der Waals surface area contributed by atoms with Crippen LogP contribution < -0.4 is 0 Å². The summed E-state index contributed by atoms with van der Waals surface area (Å²) in [5.74, 6) is 0.0749. The van der Waals surface area contributed by atoms with Crippen LogP contribution in [0.3, 0.4) is 0 Å². The van der Waals surface area contributed by atoms with Crippen LogP contribution in [0.15, 0.2) is 36.5 Å². The molecular formula is C17H24O3. The van der Waals surface area contributed by atoms with Gasteiger partial charge in [-0.15, -0.1) is 0 Å². The van der Waals surface area contributed by atoms with Crippen molar-refractivity contribution in [1.29, 1.82) is 0 Å². The van der Waals surface area contributed by atoms with E-state index in [0.717, 1.165) is 36.8 Å². The quantitative estimate of drug-likeness (QED) is 0.636. The average Bonchev–Trinajstić information content (AvgIpc) is 2.72. The number of rotatable bonds is 3. The molecule has 3 nitrogen and oxygen atoms in total. The van der Waals surface area contributed by atoms with E-state index < -0.39 is 6.10 Å². The molecule has 4 unspecified atom stereocenters. The van der Waals surface area contributed by atoms with Gasteiger partial charge in [0.25, 0.3) is 0 Å². The predicted octanol–water partition coefficient (Wildman–Crippen LogP) is 3.02. The third-order valence-corrected chi connectivity index (χ3v) is 4.75. The second-order valence-corrected chi connectivity index (χ2v) is 6.06. The molecule has 0 radical (unpaired) electrons. The number of ether oxygens (including phenoxy) is 1. The molecule has 3 heteroatoms. The van der Waals surface area contributed by atoms with Crippen LogP contribution in [0.5, 0.6) is 0 Å². The lowest BCUT2D eigenvalue weighted by Gasteiger charge is -2.29. The summed E-state index contributed by atoms with van der Waals surface area (Å²) >= 11 is 0. The summed E-state index contributed by atoms with van der Waals surface area (Å²) < 4.78 is 5.02. The zero-order chi connectivity index (χ0) is 14.9. The Labute approximate surface area is 121 Å². The van der Waals surface area contributed by atoms with E-state index in [2.05, 4.69) is 19.7 Å². The molecule has 2 rings (SSSR count). The number of aliphatic hydroxyl groups excluding tert-OH is 1. The van der Waals surface area contributed by atoms with Gasteiger partial charge in [0.2, 0.25) is 0 Å². The second kappa shape index (κ2) is 5.96. The van der Waals surface area contributed by atoms with Crippen LogP contribution in [0.4, 0.5) is 0 Å². The molecule has 2 aliphatic carbocycles. The van der Waals surface area contributed by atoms with Gasteiger partial charge < -0.3 is 9.84 Å². The van der Waals surface area contributed by atoms with Gasteiger partial charge in [0.15, 0.2) is 0 Å². The minimum Gasteiger partial charge on any atom is -0.461 e. The van der Waals surface area contributed by atoms with E-state index in [1.165, 1.54) is 12.5 Å². The Morgan fingerprint density at radius 3 is 2.60 bits per heavy atom. The molecule has 0 spiro atoms. The van der Waals surface area contributed by atoms with Gasteiger partial charge >= 0.3 is 5.97 Å². The van der Waals surface area contributed by atoms with Crippen molar-refractivity contribution in [3.8, 4) is 0 Å². The lowest BCUT2D eigenvalue weighted by atomic mass is 9.80. The standard InChI is InChI=1S/C17H24O3/c1-10-5-8-15(12(3)9-20-13(4)18)17(19)16-11(2)6-7-14(10)16/h14-17,19H,1-3,5-9H2,4H3. The molecule has 0 saturated heterocycles. The van der Waals surface area contributed by atoms with Gasteiger partial charge in [-0.1, -0.05) is 30.9 Å². The molecule has 2 saturated carbocycles. The fourth-order valence-corrected chi connectivity index (χ4v) is 3.60. The van der Waals surface area contributed by atoms with Crippen molar-refractivity contribution in [2.24, 2.45) is 17.8 Å². The molecular weight excluding hydrogens is 252 g/mol. The molecule has 0 aromatic heterocycles. The number of carbonyl (C=O) groups is 1. The molecule has 20 heavy (non-hydrogen) atoms. The molecule has 0 aliphatic heterocycles. The van der Waals surface area contributed by atoms with E-state index in [9.17, 15) is 9.90 Å². The third-order valence-electron chi connectivity index (χ3n) is 4.75. The predicted molar refractivity (Wildman–Crippen MR) is 79.0 cm³/mol. The first kappa shape index (κ1) is 15.0. The number of fused-ring (bicyclic) bond motifs is 1. The molecule has 4 atom stereocenters. The highest BCUT2D eigenvalue weighted by atomic mass is 16.5. The van der Waals surface area contributed by atoms with Gasteiger partial charge in [-0.05, 0) is 37.2 Å². The van der Waals surface area contributed by atoms with Crippen LogP contribution in [-0.4, -0.2) is 23.8 Å². The van der Waals surface area contributed by atoms with Crippen molar-refractivity contribution in [3.63, 3.8) is 0 Å². The van der Waals surface area contributed by atoms with E-state index in [-0.39, 0.29) is 24.4 Å². The van der Waals surface area contributed by atoms with E-state index in [1.807, 2.05) is 0 Å². The topological polar surface area (TPSA) is 46.5 Å². The lowest BCUT2D eigenvalue weighted by Crippen LogP contribution is -2.32. The number of hydrogen-bond acceptors (Lipinski definition) is 3. The Kier molecular flexibility index (Phi) is 4.48. The fraction of sp³-hybridized carbons (Fsp3) is 0.588. The molecule has 0 aromatic rings. The Balaban J connectivity index is 2.14. The van der Waals surface area contributed by atoms with Crippen molar-refractivity contribution in [2.45, 2.75) is 38.7 Å². The molecule has 0 heterocycles. The maximum absolute atomic E-state index is 10.9. The number of allylic oxidation sites excluding steroid dienone is 1. The first-order valence-corrected chi connectivity index (χ1v) is 7.26. The smallest absolute Gasteiger partial charge is 0.302 e. The fourth-order valence-electron chi connectivity index (χ4n) is 3.60. The zero-order valence-electron chi connectivity index (χ0n) is 12.2. The summed E-state index contributed by atoms with van der Waals surface area (Å²) in [7, 11) is 0. The Hall–Kier alpha value is -1.35. The average molecular weight is 276 g/mol. The van der Waals surface area contributed by atoms with Gasteiger partial charge in [0.05, 0.1) is 6.10 Å². The Morgan fingerprint density at radius 2 is 1.95 bits per heavy atom. The maximum atomic E-state index is 10.9. The Morgan fingerprint density at radius 1 is 1.30 bits per heavy atom. The largest absolute Gasteiger partial charge is 0.461 e. The van der Waals surface area contributed by atoms with Crippen molar-refractivity contribution in [3.05, 3.63) is 36.5 Å². The number of aliphatic hydroxyl groups is 1. The molecule has 0 amide bonds. The van der Waals surface area contributed by atoms with Gasteiger partial charge in [-0.2, -0.15) is 0 Å².